The van der Waals surface area contributed by atoms with E-state index in [1.165, 1.54) is 16.9 Å². The van der Waals surface area contributed by atoms with Crippen LogP contribution in [0.1, 0.15) is 5.56 Å². The Morgan fingerprint density at radius 1 is 1.07 bits per heavy atom. The van der Waals surface area contributed by atoms with Crippen molar-refractivity contribution in [2.45, 2.75) is 11.8 Å². The summed E-state index contributed by atoms with van der Waals surface area (Å²) < 4.78 is 0. The highest BCUT2D eigenvalue weighted by atomic mass is 33.1. The Bertz CT molecular complexity index is 265. The highest BCUT2D eigenvalue weighted by molar-refractivity contribution is 8.81. The summed E-state index contributed by atoms with van der Waals surface area (Å²) in [5, 5.41) is 0. The van der Waals surface area contributed by atoms with Crippen molar-refractivity contribution in [1.29, 1.82) is 0 Å². The van der Waals surface area contributed by atoms with Crippen LogP contribution in [-0.4, -0.2) is 9.79 Å². The van der Waals surface area contributed by atoms with Crippen molar-refractivity contribution in [3.05, 3.63) is 29.8 Å². The van der Waals surface area contributed by atoms with E-state index in [1.807, 2.05) is 31.2 Å². The van der Waals surface area contributed by atoms with Crippen LogP contribution in [0.25, 0.3) is 0 Å². The average Bonchev–Trinajstić information content (AvgIpc) is 2.07. The third-order valence-corrected chi connectivity index (χ3v) is 3.71. The Hall–Kier alpha value is 1.40. The van der Waals surface area contributed by atoms with Gasteiger partial charge in [0.1, 0.15) is 6.55 Å². The molecule has 86 valence electrons. The van der Waals surface area contributed by atoms with Crippen LogP contribution in [0, 0.1) is 6.92 Å². The first-order valence-electron chi connectivity index (χ1n) is 3.71. The van der Waals surface area contributed by atoms with Gasteiger partial charge in [0.2, 0.25) is 0 Å². The van der Waals surface area contributed by atoms with Crippen molar-refractivity contribution in [3.63, 3.8) is 0 Å². The van der Waals surface area contributed by atoms with Crippen LogP contribution in [0.5, 0.6) is 0 Å². The molecule has 0 aliphatic carbocycles. The Labute approximate surface area is 112 Å². The van der Waals surface area contributed by atoms with Gasteiger partial charge in [0.15, 0.2) is 6.55 Å². The van der Waals surface area contributed by atoms with Crippen molar-refractivity contribution in [3.8, 4) is 0 Å². The molecule has 0 radical (unpaired) electrons. The van der Waals surface area contributed by atoms with E-state index in [1.54, 1.807) is 0 Å². The Morgan fingerprint density at radius 3 is 1.80 bits per heavy atom. The quantitative estimate of drug-likeness (QED) is 0.417. The lowest BCUT2D eigenvalue weighted by molar-refractivity contribution is 0.656. The van der Waals surface area contributed by atoms with Gasteiger partial charge in [-0.1, -0.05) is 29.1 Å². The minimum absolute atomic E-state index is 1.07. The van der Waals surface area contributed by atoms with Gasteiger partial charge in [-0.15, -0.1) is 36.7 Å². The molecule has 1 rings (SSSR count). The number of hydrogen-bond acceptors (Lipinski definition) is 6. The molecule has 1 atom stereocenters. The fourth-order valence-corrected chi connectivity index (χ4v) is 2.92. The second-order valence-electron chi connectivity index (χ2n) is 2.43. The molecular formula is C7H12O2P2S4. The lowest BCUT2D eigenvalue weighted by atomic mass is 10.2. The van der Waals surface area contributed by atoms with Gasteiger partial charge < -0.3 is 9.79 Å². The fraction of sp³-hybridized carbons (Fsp3) is 0.143. The monoisotopic (exact) mass is 318 g/mol. The van der Waals surface area contributed by atoms with E-state index in [0.717, 1.165) is 4.90 Å². The summed E-state index contributed by atoms with van der Waals surface area (Å²) in [6, 6.07) is 8.02. The van der Waals surface area contributed by atoms with E-state index in [0.29, 0.717) is 0 Å². The van der Waals surface area contributed by atoms with Crippen LogP contribution in [-0.2, 0) is 0 Å². The molecule has 0 spiro atoms. The van der Waals surface area contributed by atoms with Crippen LogP contribution in [0.15, 0.2) is 29.2 Å². The molecule has 8 heteroatoms. The number of benzene rings is 1. The molecule has 0 aliphatic heterocycles. The average molecular weight is 318 g/mol. The molecule has 0 bridgehead atoms. The van der Waals surface area contributed by atoms with E-state index < -0.39 is 13.1 Å². The fourth-order valence-electron chi connectivity index (χ4n) is 0.693. The van der Waals surface area contributed by atoms with Crippen molar-refractivity contribution in [2.24, 2.45) is 0 Å². The topological polar surface area (TPSA) is 40.5 Å². The zero-order chi connectivity index (χ0) is 11.8. The highest BCUT2D eigenvalue weighted by Crippen LogP contribution is 2.53. The van der Waals surface area contributed by atoms with Gasteiger partial charge >= 0.3 is 0 Å². The molecule has 0 saturated heterocycles. The van der Waals surface area contributed by atoms with Gasteiger partial charge in [-0.05, 0) is 19.1 Å². The lowest BCUT2D eigenvalue weighted by Crippen LogP contribution is -1.70. The molecule has 1 aromatic carbocycles. The lowest BCUT2D eigenvalue weighted by Gasteiger charge is -2.01. The minimum Gasteiger partial charge on any atom is -0.355 e. The largest absolute Gasteiger partial charge is 0.355 e. The Kier molecular flexibility index (Phi) is 10.3. The van der Waals surface area contributed by atoms with Crippen LogP contribution >= 0.6 is 61.2 Å². The van der Waals surface area contributed by atoms with Gasteiger partial charge in [-0.2, -0.15) is 0 Å². The molecule has 1 unspecified atom stereocenters. The number of hydrogen-bond donors (Lipinski definition) is 5. The molecule has 0 aliphatic rings. The second kappa shape index (κ2) is 9.43. The van der Waals surface area contributed by atoms with Gasteiger partial charge in [-0.25, -0.2) is 0 Å². The van der Waals surface area contributed by atoms with Crippen molar-refractivity contribution < 1.29 is 9.79 Å². The molecule has 15 heavy (non-hydrogen) atoms. The van der Waals surface area contributed by atoms with Gasteiger partial charge in [0, 0.05) is 4.90 Å². The van der Waals surface area contributed by atoms with Gasteiger partial charge in [0.25, 0.3) is 0 Å². The third kappa shape index (κ3) is 11.7. The molecular weight excluding hydrogens is 306 g/mol. The number of aryl methyl sites for hydroxylation is 1. The van der Waals surface area contributed by atoms with E-state index >= 15 is 0 Å². The molecule has 2 N–H and O–H groups in total. The zero-order valence-corrected chi connectivity index (χ0v) is 13.1. The standard InChI is InChI=1S/C7H9OPS2.H3OPS2/c1-6-2-4-7(5-3-6)11-9(8)10;1-2(3)4/h2-5,8,10H,1H3;1,3-4H. The Morgan fingerprint density at radius 2 is 1.47 bits per heavy atom. The smallest absolute Gasteiger partial charge is 0.150 e. The number of thiol groups is 3. The molecule has 1 aromatic rings. The molecule has 0 aromatic heterocycles. The van der Waals surface area contributed by atoms with Gasteiger partial charge in [0.05, 0.1) is 0 Å². The van der Waals surface area contributed by atoms with Crippen LogP contribution in [0.3, 0.4) is 0 Å². The summed E-state index contributed by atoms with van der Waals surface area (Å²) in [5.74, 6) is 0. The second-order valence-corrected chi connectivity index (χ2v) is 10.9. The molecule has 2 nitrogen and oxygen atoms in total. The highest BCUT2D eigenvalue weighted by Gasteiger charge is 1.99. The summed E-state index contributed by atoms with van der Waals surface area (Å²) in [6.07, 6.45) is 0. The summed E-state index contributed by atoms with van der Waals surface area (Å²) in [4.78, 5) is 17.9. The third-order valence-electron chi connectivity index (χ3n) is 1.21. The van der Waals surface area contributed by atoms with Crippen LogP contribution < -0.4 is 0 Å². The maximum atomic E-state index is 8.97. The van der Waals surface area contributed by atoms with E-state index in [-0.39, 0.29) is 0 Å². The Balaban J connectivity index is 0.000000423. The number of rotatable bonds is 2. The normalized spacial score (nSPS) is 11.9. The summed E-state index contributed by atoms with van der Waals surface area (Å²) in [7, 11) is 0. The zero-order valence-electron chi connectivity index (χ0n) is 7.85. The van der Waals surface area contributed by atoms with E-state index in [2.05, 4.69) is 36.7 Å². The summed E-state index contributed by atoms with van der Waals surface area (Å²) in [6.45, 7) is -0.368. The van der Waals surface area contributed by atoms with E-state index in [4.69, 9.17) is 9.79 Å². The molecule has 0 saturated carbocycles. The maximum Gasteiger partial charge on any atom is 0.150 e. The van der Waals surface area contributed by atoms with Crippen LogP contribution in [0.2, 0.25) is 0 Å². The molecule has 0 fully saturated rings. The predicted octanol–water partition coefficient (Wildman–Crippen LogP) is 4.30. The van der Waals surface area contributed by atoms with Crippen LogP contribution in [0.4, 0.5) is 0 Å². The summed E-state index contributed by atoms with van der Waals surface area (Å²) in [5.41, 5.74) is 1.23. The molecule has 0 heterocycles. The van der Waals surface area contributed by atoms with Crippen molar-refractivity contribution in [2.75, 3.05) is 0 Å². The molecule has 0 amide bonds. The predicted molar refractivity (Wildman–Crippen MR) is 82.3 cm³/mol. The first-order valence-corrected chi connectivity index (χ1v) is 11.2. The SMILES string of the molecule is Cc1ccc(SP(O)S)cc1.OP(S)S. The van der Waals surface area contributed by atoms with Gasteiger partial charge in [-0.3, -0.25) is 0 Å². The maximum absolute atomic E-state index is 8.97. The van der Waals surface area contributed by atoms with E-state index in [9.17, 15) is 0 Å². The first-order chi connectivity index (χ1) is 6.91. The summed E-state index contributed by atoms with van der Waals surface area (Å²) >= 11 is 12.2. The first kappa shape index (κ1) is 16.4. The van der Waals surface area contributed by atoms with Crippen molar-refractivity contribution >= 4 is 61.2 Å². The van der Waals surface area contributed by atoms with Crippen molar-refractivity contribution in [1.82, 2.24) is 0 Å². The minimum atomic E-state index is -1.23.